The molecule has 0 unspecified atom stereocenters. The Kier molecular flexibility index (Phi) is 3.76. The minimum atomic E-state index is -0.176. The number of hydrogen-bond acceptors (Lipinski definition) is 1. The first-order valence-electron chi connectivity index (χ1n) is 5.83. The lowest BCUT2D eigenvalue weighted by Crippen LogP contribution is -1.92. The number of aryl methyl sites for hydroxylation is 2. The number of benzene rings is 2. The predicted octanol–water partition coefficient (Wildman–Crippen LogP) is 3.58. The van der Waals surface area contributed by atoms with Gasteiger partial charge in [0.05, 0.1) is 0 Å². The van der Waals surface area contributed by atoms with E-state index in [0.29, 0.717) is 0 Å². The summed E-state index contributed by atoms with van der Waals surface area (Å²) in [5, 5.41) is 0. The molecular weight excluding hydrogens is 213 g/mol. The Morgan fingerprint density at radius 3 is 2.29 bits per heavy atom. The van der Waals surface area contributed by atoms with E-state index in [9.17, 15) is 4.39 Å². The van der Waals surface area contributed by atoms with Crippen molar-refractivity contribution < 1.29 is 4.39 Å². The van der Waals surface area contributed by atoms with Gasteiger partial charge in [-0.15, -0.1) is 0 Å². The van der Waals surface area contributed by atoms with Crippen LogP contribution in [0.1, 0.15) is 17.5 Å². The Hall–Kier alpha value is -1.83. The minimum Gasteiger partial charge on any atom is -0.399 e. The second kappa shape index (κ2) is 5.48. The molecular formula is C15H16FN. The van der Waals surface area contributed by atoms with Gasteiger partial charge in [0.15, 0.2) is 0 Å². The third kappa shape index (κ3) is 3.59. The molecule has 0 atom stereocenters. The van der Waals surface area contributed by atoms with Gasteiger partial charge < -0.3 is 5.73 Å². The maximum atomic E-state index is 12.7. The van der Waals surface area contributed by atoms with Crippen LogP contribution in [0.15, 0.2) is 48.5 Å². The van der Waals surface area contributed by atoms with Crippen molar-refractivity contribution in [3.05, 3.63) is 65.5 Å². The standard InChI is InChI=1S/C15H16FN/c16-14-9-7-12(8-10-14)3-1-4-13-5-2-6-15(17)11-13/h2,5-11H,1,3-4,17H2. The first-order chi connectivity index (χ1) is 8.24. The van der Waals surface area contributed by atoms with Crippen LogP contribution >= 0.6 is 0 Å². The van der Waals surface area contributed by atoms with Crippen LogP contribution in [-0.4, -0.2) is 0 Å². The molecule has 2 rings (SSSR count). The van der Waals surface area contributed by atoms with Crippen molar-refractivity contribution in [3.8, 4) is 0 Å². The van der Waals surface area contributed by atoms with E-state index < -0.39 is 0 Å². The van der Waals surface area contributed by atoms with Crippen LogP contribution in [0.25, 0.3) is 0 Å². The van der Waals surface area contributed by atoms with Crippen molar-refractivity contribution >= 4 is 5.69 Å². The highest BCUT2D eigenvalue weighted by atomic mass is 19.1. The summed E-state index contributed by atoms with van der Waals surface area (Å²) in [5.74, 6) is -0.176. The Labute approximate surface area is 101 Å². The lowest BCUT2D eigenvalue weighted by atomic mass is 10.0. The monoisotopic (exact) mass is 229 g/mol. The van der Waals surface area contributed by atoms with Crippen molar-refractivity contribution in [1.29, 1.82) is 0 Å². The summed E-state index contributed by atoms with van der Waals surface area (Å²) in [6, 6.07) is 14.7. The van der Waals surface area contributed by atoms with Crippen molar-refractivity contribution in [2.45, 2.75) is 19.3 Å². The maximum absolute atomic E-state index is 12.7. The minimum absolute atomic E-state index is 0.176. The number of rotatable bonds is 4. The number of anilines is 1. The van der Waals surface area contributed by atoms with Gasteiger partial charge in [0.1, 0.15) is 5.82 Å². The maximum Gasteiger partial charge on any atom is 0.123 e. The molecule has 0 aliphatic carbocycles. The van der Waals surface area contributed by atoms with Gasteiger partial charge in [-0.2, -0.15) is 0 Å². The average molecular weight is 229 g/mol. The largest absolute Gasteiger partial charge is 0.399 e. The molecule has 0 saturated heterocycles. The van der Waals surface area contributed by atoms with Gasteiger partial charge >= 0.3 is 0 Å². The van der Waals surface area contributed by atoms with E-state index in [1.807, 2.05) is 30.3 Å². The fraction of sp³-hybridized carbons (Fsp3) is 0.200. The van der Waals surface area contributed by atoms with E-state index in [-0.39, 0.29) is 5.82 Å². The number of nitrogen functional groups attached to an aromatic ring is 1. The molecule has 2 aromatic rings. The molecule has 0 radical (unpaired) electrons. The summed E-state index contributed by atoms with van der Waals surface area (Å²) in [7, 11) is 0. The molecule has 88 valence electrons. The van der Waals surface area contributed by atoms with E-state index in [2.05, 4.69) is 6.07 Å². The summed E-state index contributed by atoms with van der Waals surface area (Å²) in [5.41, 5.74) is 8.96. The summed E-state index contributed by atoms with van der Waals surface area (Å²) in [6.45, 7) is 0. The topological polar surface area (TPSA) is 26.0 Å². The summed E-state index contributed by atoms with van der Waals surface area (Å²) >= 11 is 0. The van der Waals surface area contributed by atoms with Crippen LogP contribution in [0, 0.1) is 5.82 Å². The lowest BCUT2D eigenvalue weighted by Gasteiger charge is -2.03. The summed E-state index contributed by atoms with van der Waals surface area (Å²) < 4.78 is 12.7. The fourth-order valence-electron chi connectivity index (χ4n) is 1.90. The van der Waals surface area contributed by atoms with E-state index in [0.717, 1.165) is 24.9 Å². The SMILES string of the molecule is Nc1cccc(CCCc2ccc(F)cc2)c1. The summed E-state index contributed by atoms with van der Waals surface area (Å²) in [6.07, 6.45) is 3.02. The van der Waals surface area contributed by atoms with Gasteiger partial charge in [-0.25, -0.2) is 4.39 Å². The molecule has 1 nitrogen and oxygen atoms in total. The molecule has 0 aromatic heterocycles. The van der Waals surface area contributed by atoms with Crippen LogP contribution in [0.3, 0.4) is 0 Å². The molecule has 0 aliphatic heterocycles. The van der Waals surface area contributed by atoms with Gasteiger partial charge in [-0.05, 0) is 54.7 Å². The highest BCUT2D eigenvalue weighted by molar-refractivity contribution is 5.40. The van der Waals surface area contributed by atoms with Crippen LogP contribution in [-0.2, 0) is 12.8 Å². The van der Waals surface area contributed by atoms with Crippen molar-refractivity contribution in [3.63, 3.8) is 0 Å². The zero-order valence-corrected chi connectivity index (χ0v) is 9.70. The fourth-order valence-corrected chi connectivity index (χ4v) is 1.90. The van der Waals surface area contributed by atoms with Gasteiger partial charge in [-0.1, -0.05) is 24.3 Å². The number of hydrogen-bond donors (Lipinski definition) is 1. The van der Waals surface area contributed by atoms with Gasteiger partial charge in [-0.3, -0.25) is 0 Å². The molecule has 0 fully saturated rings. The first-order valence-corrected chi connectivity index (χ1v) is 5.83. The third-order valence-electron chi connectivity index (χ3n) is 2.80. The Morgan fingerprint density at radius 2 is 1.59 bits per heavy atom. The molecule has 0 heterocycles. The molecule has 17 heavy (non-hydrogen) atoms. The van der Waals surface area contributed by atoms with Gasteiger partial charge in [0.25, 0.3) is 0 Å². The molecule has 0 aliphatic rings. The van der Waals surface area contributed by atoms with Crippen molar-refractivity contribution in [2.24, 2.45) is 0 Å². The van der Waals surface area contributed by atoms with Crippen LogP contribution in [0.2, 0.25) is 0 Å². The molecule has 2 N–H and O–H groups in total. The number of nitrogens with two attached hydrogens (primary N) is 1. The average Bonchev–Trinajstić information content (AvgIpc) is 2.32. The smallest absolute Gasteiger partial charge is 0.123 e. The van der Waals surface area contributed by atoms with Crippen molar-refractivity contribution in [2.75, 3.05) is 5.73 Å². The van der Waals surface area contributed by atoms with E-state index >= 15 is 0 Å². The Bertz CT molecular complexity index is 477. The molecule has 0 saturated carbocycles. The molecule has 2 heteroatoms. The summed E-state index contributed by atoms with van der Waals surface area (Å²) in [4.78, 5) is 0. The zero-order chi connectivity index (χ0) is 12.1. The van der Waals surface area contributed by atoms with Gasteiger partial charge in [0, 0.05) is 5.69 Å². The first kappa shape index (κ1) is 11.6. The van der Waals surface area contributed by atoms with Crippen LogP contribution in [0.4, 0.5) is 10.1 Å². The van der Waals surface area contributed by atoms with E-state index in [1.165, 1.54) is 23.3 Å². The quantitative estimate of drug-likeness (QED) is 0.797. The Balaban J connectivity index is 1.85. The molecule has 0 spiro atoms. The van der Waals surface area contributed by atoms with Crippen molar-refractivity contribution in [1.82, 2.24) is 0 Å². The van der Waals surface area contributed by atoms with Crippen LogP contribution in [0.5, 0.6) is 0 Å². The third-order valence-corrected chi connectivity index (χ3v) is 2.80. The molecule has 0 amide bonds. The second-order valence-corrected chi connectivity index (χ2v) is 4.23. The second-order valence-electron chi connectivity index (χ2n) is 4.23. The van der Waals surface area contributed by atoms with E-state index in [1.54, 1.807) is 0 Å². The van der Waals surface area contributed by atoms with E-state index in [4.69, 9.17) is 5.73 Å². The molecule has 2 aromatic carbocycles. The molecule has 0 bridgehead atoms. The number of halogens is 1. The van der Waals surface area contributed by atoms with Gasteiger partial charge in [0.2, 0.25) is 0 Å². The van der Waals surface area contributed by atoms with Crippen LogP contribution < -0.4 is 5.73 Å². The zero-order valence-electron chi connectivity index (χ0n) is 9.70. The normalized spacial score (nSPS) is 10.4. The predicted molar refractivity (Wildman–Crippen MR) is 69.3 cm³/mol. The highest BCUT2D eigenvalue weighted by Gasteiger charge is 1.97. The lowest BCUT2D eigenvalue weighted by molar-refractivity contribution is 0.626. The highest BCUT2D eigenvalue weighted by Crippen LogP contribution is 2.11. The Morgan fingerprint density at radius 1 is 0.882 bits per heavy atom.